The van der Waals surface area contributed by atoms with Gasteiger partial charge in [-0.3, -0.25) is 4.79 Å². The Morgan fingerprint density at radius 1 is 1.44 bits per heavy atom. The van der Waals surface area contributed by atoms with Crippen molar-refractivity contribution in [2.24, 2.45) is 5.92 Å². The average molecular weight is 305 g/mol. The molecule has 1 N–H and O–H groups in total. The van der Waals surface area contributed by atoms with Gasteiger partial charge in [0.2, 0.25) is 5.91 Å². The largest absolute Gasteiger partial charge is 0.325 e. The van der Waals surface area contributed by atoms with E-state index in [4.69, 9.17) is 11.6 Å². The van der Waals surface area contributed by atoms with Gasteiger partial charge in [-0.2, -0.15) is 0 Å². The smallest absolute Gasteiger partial charge is 0.228 e. The van der Waals surface area contributed by atoms with Gasteiger partial charge in [0.1, 0.15) is 0 Å². The highest BCUT2D eigenvalue weighted by Gasteiger charge is 2.14. The van der Waals surface area contributed by atoms with Crippen LogP contribution in [0.2, 0.25) is 0 Å². The molecule has 16 heavy (non-hydrogen) atoms. The minimum Gasteiger partial charge on any atom is -0.325 e. The molecule has 0 bridgehead atoms. The second kappa shape index (κ2) is 5.69. The second-order valence-electron chi connectivity index (χ2n) is 3.96. The quantitative estimate of drug-likeness (QED) is 0.844. The van der Waals surface area contributed by atoms with Gasteiger partial charge < -0.3 is 5.32 Å². The molecule has 1 atom stereocenters. The Morgan fingerprint density at radius 3 is 2.38 bits per heavy atom. The van der Waals surface area contributed by atoms with Crippen molar-refractivity contribution in [3.8, 4) is 0 Å². The van der Waals surface area contributed by atoms with Crippen LogP contribution in [0.4, 0.5) is 5.69 Å². The molecule has 1 amide bonds. The molecule has 1 aromatic carbocycles. The molecule has 4 heteroatoms. The maximum atomic E-state index is 11.7. The average Bonchev–Trinajstić information content (AvgIpc) is 2.21. The van der Waals surface area contributed by atoms with Crippen molar-refractivity contribution in [2.75, 3.05) is 11.2 Å². The third-order valence-electron chi connectivity index (χ3n) is 2.42. The summed E-state index contributed by atoms with van der Waals surface area (Å²) in [6.07, 6.45) is 0. The summed E-state index contributed by atoms with van der Waals surface area (Å²) in [4.78, 5) is 11.7. The lowest BCUT2D eigenvalue weighted by atomic mass is 10.1. The van der Waals surface area contributed by atoms with Crippen LogP contribution in [0.3, 0.4) is 0 Å². The van der Waals surface area contributed by atoms with E-state index in [9.17, 15) is 4.79 Å². The number of alkyl halides is 1. The van der Waals surface area contributed by atoms with Crippen LogP contribution < -0.4 is 5.32 Å². The minimum atomic E-state index is -0.177. The van der Waals surface area contributed by atoms with Crippen molar-refractivity contribution in [3.63, 3.8) is 0 Å². The highest BCUT2D eigenvalue weighted by atomic mass is 79.9. The molecule has 0 heterocycles. The molecular weight excluding hydrogens is 289 g/mol. The Balaban J connectivity index is 2.93. The van der Waals surface area contributed by atoms with Crippen molar-refractivity contribution in [1.29, 1.82) is 0 Å². The lowest BCUT2D eigenvalue weighted by Gasteiger charge is -2.14. The van der Waals surface area contributed by atoms with Crippen LogP contribution in [0.1, 0.15) is 18.1 Å². The second-order valence-corrected chi connectivity index (χ2v) is 5.18. The number of amides is 1. The van der Waals surface area contributed by atoms with E-state index in [1.807, 2.05) is 32.9 Å². The summed E-state index contributed by atoms with van der Waals surface area (Å²) < 4.78 is 1.02. The zero-order chi connectivity index (χ0) is 12.3. The summed E-state index contributed by atoms with van der Waals surface area (Å²) in [6, 6.07) is 3.96. The molecule has 2 nitrogen and oxygen atoms in total. The third-order valence-corrected chi connectivity index (χ3v) is 3.35. The van der Waals surface area contributed by atoms with Crippen LogP contribution in [0.5, 0.6) is 0 Å². The van der Waals surface area contributed by atoms with E-state index in [-0.39, 0.29) is 11.8 Å². The molecule has 0 spiro atoms. The van der Waals surface area contributed by atoms with E-state index in [0.717, 1.165) is 21.3 Å². The Labute approximate surface area is 110 Å². The Hall–Kier alpha value is -0.540. The van der Waals surface area contributed by atoms with Crippen LogP contribution in [0.25, 0.3) is 0 Å². The molecule has 1 unspecified atom stereocenters. The first-order chi connectivity index (χ1) is 7.45. The molecule has 0 aliphatic carbocycles. The lowest BCUT2D eigenvalue weighted by molar-refractivity contribution is -0.118. The lowest BCUT2D eigenvalue weighted by Crippen LogP contribution is -2.22. The Kier molecular flexibility index (Phi) is 4.81. The van der Waals surface area contributed by atoms with Gasteiger partial charge in [0.15, 0.2) is 0 Å². The van der Waals surface area contributed by atoms with Crippen LogP contribution in [0.15, 0.2) is 16.6 Å². The van der Waals surface area contributed by atoms with Gasteiger partial charge in [-0.25, -0.2) is 0 Å². The third kappa shape index (κ3) is 3.22. The predicted molar refractivity (Wildman–Crippen MR) is 72.1 cm³/mol. The fraction of sp³-hybridized carbons (Fsp3) is 0.417. The van der Waals surface area contributed by atoms with Crippen molar-refractivity contribution in [1.82, 2.24) is 0 Å². The fourth-order valence-corrected chi connectivity index (χ4v) is 2.25. The standard InChI is InChI=1S/C12H15BrClNO/c1-7-4-10(13)5-8(2)11(7)15-12(16)9(3)6-14/h4-5,9H,6H2,1-3H3,(H,15,16). The summed E-state index contributed by atoms with van der Waals surface area (Å²) in [6.45, 7) is 5.75. The zero-order valence-electron chi connectivity index (χ0n) is 9.60. The first-order valence-electron chi connectivity index (χ1n) is 5.09. The molecular formula is C12H15BrClNO. The molecule has 0 saturated carbocycles. The van der Waals surface area contributed by atoms with Crippen LogP contribution >= 0.6 is 27.5 Å². The molecule has 0 saturated heterocycles. The van der Waals surface area contributed by atoms with Gasteiger partial charge in [0.05, 0.1) is 0 Å². The number of aryl methyl sites for hydroxylation is 2. The van der Waals surface area contributed by atoms with Gasteiger partial charge in [-0.05, 0) is 37.1 Å². The van der Waals surface area contributed by atoms with Gasteiger partial charge in [0.25, 0.3) is 0 Å². The van der Waals surface area contributed by atoms with Gasteiger partial charge >= 0.3 is 0 Å². The van der Waals surface area contributed by atoms with E-state index in [0.29, 0.717) is 5.88 Å². The van der Waals surface area contributed by atoms with E-state index in [1.54, 1.807) is 0 Å². The number of hydrogen-bond donors (Lipinski definition) is 1. The highest BCUT2D eigenvalue weighted by Crippen LogP contribution is 2.25. The first kappa shape index (κ1) is 13.5. The zero-order valence-corrected chi connectivity index (χ0v) is 11.9. The maximum absolute atomic E-state index is 11.7. The molecule has 0 aromatic heterocycles. The first-order valence-corrected chi connectivity index (χ1v) is 6.42. The number of anilines is 1. The summed E-state index contributed by atoms with van der Waals surface area (Å²) in [5, 5.41) is 2.91. The minimum absolute atomic E-state index is 0.0384. The van der Waals surface area contributed by atoms with Gasteiger partial charge in [0, 0.05) is 22.0 Å². The number of rotatable bonds is 3. The maximum Gasteiger partial charge on any atom is 0.228 e. The Morgan fingerprint density at radius 2 is 1.94 bits per heavy atom. The number of benzene rings is 1. The number of halogens is 2. The number of carbonyl (C=O) groups is 1. The van der Waals surface area contributed by atoms with Gasteiger partial charge in [-0.15, -0.1) is 11.6 Å². The number of carbonyl (C=O) groups excluding carboxylic acids is 1. The van der Waals surface area contributed by atoms with Crippen LogP contribution in [-0.4, -0.2) is 11.8 Å². The van der Waals surface area contributed by atoms with Gasteiger partial charge in [-0.1, -0.05) is 22.9 Å². The number of nitrogens with one attached hydrogen (secondary N) is 1. The molecule has 1 aromatic rings. The molecule has 1 rings (SSSR count). The van der Waals surface area contributed by atoms with Crippen molar-refractivity contribution in [2.45, 2.75) is 20.8 Å². The predicted octanol–water partition coefficient (Wildman–Crippen LogP) is 3.88. The monoisotopic (exact) mass is 303 g/mol. The summed E-state index contributed by atoms with van der Waals surface area (Å²) in [5.74, 6) is 0.119. The summed E-state index contributed by atoms with van der Waals surface area (Å²) in [7, 11) is 0. The molecule has 0 aliphatic heterocycles. The summed E-state index contributed by atoms with van der Waals surface area (Å²) in [5.41, 5.74) is 2.97. The van der Waals surface area contributed by atoms with Crippen LogP contribution in [-0.2, 0) is 4.79 Å². The van der Waals surface area contributed by atoms with E-state index in [1.165, 1.54) is 0 Å². The normalized spacial score (nSPS) is 12.3. The molecule has 0 radical (unpaired) electrons. The highest BCUT2D eigenvalue weighted by molar-refractivity contribution is 9.10. The Bertz CT molecular complexity index is 383. The SMILES string of the molecule is Cc1cc(Br)cc(C)c1NC(=O)C(C)CCl. The van der Waals surface area contributed by atoms with E-state index >= 15 is 0 Å². The van der Waals surface area contributed by atoms with Crippen molar-refractivity contribution < 1.29 is 4.79 Å². The molecule has 0 fully saturated rings. The summed E-state index contributed by atoms with van der Waals surface area (Å²) >= 11 is 9.07. The van der Waals surface area contributed by atoms with Crippen molar-refractivity contribution >= 4 is 39.1 Å². The topological polar surface area (TPSA) is 29.1 Å². The number of hydrogen-bond acceptors (Lipinski definition) is 1. The van der Waals surface area contributed by atoms with E-state index < -0.39 is 0 Å². The van der Waals surface area contributed by atoms with Crippen LogP contribution in [0, 0.1) is 19.8 Å². The fourth-order valence-electron chi connectivity index (χ4n) is 1.42. The molecule has 88 valence electrons. The molecule has 0 aliphatic rings. The van der Waals surface area contributed by atoms with Crippen molar-refractivity contribution in [3.05, 3.63) is 27.7 Å². The van der Waals surface area contributed by atoms with E-state index in [2.05, 4.69) is 21.2 Å².